The van der Waals surface area contributed by atoms with Crippen LogP contribution in [0.5, 0.6) is 0 Å². The zero-order valence-electron chi connectivity index (χ0n) is 13.8. The fraction of sp³-hybridized carbons (Fsp3) is 0.526. The minimum Gasteiger partial charge on any atom is -0.192 e. The molecule has 0 unspecified atom stereocenters. The summed E-state index contributed by atoms with van der Waals surface area (Å²) in [5.74, 6) is 0.657. The van der Waals surface area contributed by atoms with Crippen LogP contribution in [0.4, 0.5) is 0 Å². The van der Waals surface area contributed by atoms with Gasteiger partial charge in [-0.3, -0.25) is 0 Å². The predicted octanol–water partition coefficient (Wildman–Crippen LogP) is 5.68. The fourth-order valence-corrected chi connectivity index (χ4v) is 1.64. The lowest BCUT2D eigenvalue weighted by molar-refractivity contribution is 0.773. The molecule has 0 aliphatic rings. The number of unbranched alkanes of at least 4 members (excludes halogenated alkanes) is 1. The molecule has 0 radical (unpaired) electrons. The van der Waals surface area contributed by atoms with Gasteiger partial charge < -0.3 is 0 Å². The van der Waals surface area contributed by atoms with Crippen LogP contribution in [-0.4, -0.2) is 0 Å². The number of nitrogens with zero attached hydrogens (tertiary/aromatic N) is 1. The van der Waals surface area contributed by atoms with Crippen molar-refractivity contribution >= 4 is 0 Å². The SMILES string of the molecule is C=C(C)C(C)C.CCCCc1cc(C#N)ccc1CC. The first-order chi connectivity index (χ1) is 9.46. The monoisotopic (exact) mass is 271 g/mol. The summed E-state index contributed by atoms with van der Waals surface area (Å²) in [6, 6.07) is 8.23. The highest BCUT2D eigenvalue weighted by Gasteiger charge is 2.01. The molecule has 0 heterocycles. The van der Waals surface area contributed by atoms with Crippen molar-refractivity contribution in [1.82, 2.24) is 0 Å². The Morgan fingerprint density at radius 3 is 2.25 bits per heavy atom. The summed E-state index contributed by atoms with van der Waals surface area (Å²) in [6.07, 6.45) is 4.59. The molecule has 0 bridgehead atoms. The average molecular weight is 271 g/mol. The molecule has 0 saturated carbocycles. The summed E-state index contributed by atoms with van der Waals surface area (Å²) in [5.41, 5.74) is 4.79. The second-order valence-corrected chi connectivity index (χ2v) is 5.55. The van der Waals surface area contributed by atoms with E-state index in [1.165, 1.54) is 29.5 Å². The van der Waals surface area contributed by atoms with Crippen LogP contribution in [0.2, 0.25) is 0 Å². The molecule has 1 rings (SSSR count). The fourth-order valence-electron chi connectivity index (χ4n) is 1.64. The molecular weight excluding hydrogens is 242 g/mol. The Morgan fingerprint density at radius 2 is 1.85 bits per heavy atom. The van der Waals surface area contributed by atoms with E-state index in [0.29, 0.717) is 5.92 Å². The number of rotatable bonds is 5. The van der Waals surface area contributed by atoms with E-state index >= 15 is 0 Å². The Bertz CT molecular complexity index is 449. The molecule has 1 aromatic carbocycles. The van der Waals surface area contributed by atoms with Crippen molar-refractivity contribution in [3.63, 3.8) is 0 Å². The van der Waals surface area contributed by atoms with Crippen molar-refractivity contribution in [2.75, 3.05) is 0 Å². The molecule has 0 saturated heterocycles. The molecule has 0 spiro atoms. The number of hydrogen-bond donors (Lipinski definition) is 0. The van der Waals surface area contributed by atoms with Crippen LogP contribution in [0, 0.1) is 17.2 Å². The maximum absolute atomic E-state index is 8.80. The topological polar surface area (TPSA) is 23.8 Å². The molecule has 0 amide bonds. The van der Waals surface area contributed by atoms with Gasteiger partial charge in [0.2, 0.25) is 0 Å². The van der Waals surface area contributed by atoms with Crippen LogP contribution >= 0.6 is 0 Å². The van der Waals surface area contributed by atoms with E-state index in [1.807, 2.05) is 19.1 Å². The lowest BCUT2D eigenvalue weighted by atomic mass is 9.98. The minimum absolute atomic E-state index is 0.657. The molecule has 0 aliphatic heterocycles. The standard InChI is InChI=1S/C13H17N.C6H12/c1-3-5-6-13-9-11(10-14)7-8-12(13)4-2;1-5(2)6(3)4/h7-9H,3-6H2,1-2H3;6H,1H2,2-4H3. The Morgan fingerprint density at radius 1 is 1.25 bits per heavy atom. The third-order valence-electron chi connectivity index (χ3n) is 3.50. The summed E-state index contributed by atoms with van der Waals surface area (Å²) in [4.78, 5) is 0. The second-order valence-electron chi connectivity index (χ2n) is 5.55. The second kappa shape index (κ2) is 10.3. The third-order valence-corrected chi connectivity index (χ3v) is 3.50. The Kier molecular flexibility index (Phi) is 9.47. The van der Waals surface area contributed by atoms with Crippen LogP contribution in [0.3, 0.4) is 0 Å². The molecule has 110 valence electrons. The number of allylic oxidation sites excluding steroid dienone is 1. The Hall–Kier alpha value is -1.55. The first kappa shape index (κ1) is 18.4. The molecule has 0 aromatic heterocycles. The summed E-state index contributed by atoms with van der Waals surface area (Å²) in [7, 11) is 0. The van der Waals surface area contributed by atoms with E-state index in [2.05, 4.69) is 46.4 Å². The molecule has 1 heteroatoms. The summed E-state index contributed by atoms with van der Waals surface area (Å²) < 4.78 is 0. The maximum Gasteiger partial charge on any atom is 0.0991 e. The van der Waals surface area contributed by atoms with Crippen molar-refractivity contribution in [2.45, 2.75) is 60.3 Å². The molecule has 1 nitrogen and oxygen atoms in total. The minimum atomic E-state index is 0.657. The highest BCUT2D eigenvalue weighted by molar-refractivity contribution is 5.38. The molecular formula is C19H29N. The molecule has 0 fully saturated rings. The van der Waals surface area contributed by atoms with E-state index in [-0.39, 0.29) is 0 Å². The number of hydrogen-bond acceptors (Lipinski definition) is 1. The molecule has 20 heavy (non-hydrogen) atoms. The van der Waals surface area contributed by atoms with Gasteiger partial charge in [-0.25, -0.2) is 0 Å². The zero-order valence-corrected chi connectivity index (χ0v) is 13.8. The number of benzene rings is 1. The van der Waals surface area contributed by atoms with E-state index in [0.717, 1.165) is 18.4 Å². The van der Waals surface area contributed by atoms with Gasteiger partial charge in [0.25, 0.3) is 0 Å². The van der Waals surface area contributed by atoms with Crippen molar-refractivity contribution in [1.29, 1.82) is 5.26 Å². The predicted molar refractivity (Wildman–Crippen MR) is 88.8 cm³/mol. The van der Waals surface area contributed by atoms with E-state index < -0.39 is 0 Å². The summed E-state index contributed by atoms with van der Waals surface area (Å²) >= 11 is 0. The highest BCUT2D eigenvalue weighted by Crippen LogP contribution is 2.15. The van der Waals surface area contributed by atoms with Gasteiger partial charge in [-0.1, -0.05) is 52.3 Å². The van der Waals surface area contributed by atoms with Crippen molar-refractivity contribution in [2.24, 2.45) is 5.92 Å². The van der Waals surface area contributed by atoms with Gasteiger partial charge in [0, 0.05) is 0 Å². The molecule has 0 atom stereocenters. The summed E-state index contributed by atoms with van der Waals surface area (Å²) in [6.45, 7) is 14.4. The van der Waals surface area contributed by atoms with Crippen molar-refractivity contribution < 1.29 is 0 Å². The lowest BCUT2D eigenvalue weighted by Gasteiger charge is -2.07. The van der Waals surface area contributed by atoms with Crippen LogP contribution in [0.15, 0.2) is 30.4 Å². The Labute approximate surface area is 125 Å². The summed E-state index contributed by atoms with van der Waals surface area (Å²) in [5, 5.41) is 8.80. The highest BCUT2D eigenvalue weighted by atomic mass is 14.2. The van der Waals surface area contributed by atoms with Gasteiger partial charge >= 0.3 is 0 Å². The third kappa shape index (κ3) is 7.14. The lowest BCUT2D eigenvalue weighted by Crippen LogP contribution is -1.94. The first-order valence-electron chi connectivity index (χ1n) is 7.63. The van der Waals surface area contributed by atoms with E-state index in [4.69, 9.17) is 5.26 Å². The van der Waals surface area contributed by atoms with E-state index in [1.54, 1.807) is 0 Å². The van der Waals surface area contributed by atoms with Crippen LogP contribution in [0.1, 0.15) is 64.2 Å². The normalized spacial score (nSPS) is 9.65. The van der Waals surface area contributed by atoms with E-state index in [9.17, 15) is 0 Å². The number of nitriles is 1. The smallest absolute Gasteiger partial charge is 0.0991 e. The van der Waals surface area contributed by atoms with Gasteiger partial charge in [-0.15, -0.1) is 0 Å². The molecule has 0 N–H and O–H groups in total. The van der Waals surface area contributed by atoms with Gasteiger partial charge in [-0.2, -0.15) is 5.26 Å². The largest absolute Gasteiger partial charge is 0.192 e. The van der Waals surface area contributed by atoms with Crippen LogP contribution in [-0.2, 0) is 12.8 Å². The van der Waals surface area contributed by atoms with Gasteiger partial charge in [0.1, 0.15) is 0 Å². The average Bonchev–Trinajstić information content (AvgIpc) is 2.45. The van der Waals surface area contributed by atoms with Crippen LogP contribution in [0.25, 0.3) is 0 Å². The molecule has 1 aromatic rings. The first-order valence-corrected chi connectivity index (χ1v) is 7.63. The Balaban J connectivity index is 0.000000511. The quantitative estimate of drug-likeness (QED) is 0.632. The maximum atomic E-state index is 8.80. The molecule has 0 aliphatic carbocycles. The van der Waals surface area contributed by atoms with Crippen molar-refractivity contribution in [3.05, 3.63) is 47.0 Å². The van der Waals surface area contributed by atoms with Gasteiger partial charge in [-0.05, 0) is 55.4 Å². The van der Waals surface area contributed by atoms with Crippen molar-refractivity contribution in [3.8, 4) is 6.07 Å². The van der Waals surface area contributed by atoms with Crippen LogP contribution < -0.4 is 0 Å². The number of aryl methyl sites for hydroxylation is 2. The zero-order chi connectivity index (χ0) is 15.5. The van der Waals surface area contributed by atoms with Gasteiger partial charge in [0.05, 0.1) is 11.6 Å². The van der Waals surface area contributed by atoms with Gasteiger partial charge in [0.15, 0.2) is 0 Å².